The predicted octanol–water partition coefficient (Wildman–Crippen LogP) is 1.99. The Labute approximate surface area is 101 Å². The SMILES string of the molecule is CC.COC(=O)c1cc(C)cc(C(=O)OC)n1. The molecule has 5 heteroatoms. The maximum atomic E-state index is 11.2. The van der Waals surface area contributed by atoms with Gasteiger partial charge < -0.3 is 9.47 Å². The van der Waals surface area contributed by atoms with E-state index in [9.17, 15) is 9.59 Å². The van der Waals surface area contributed by atoms with Crippen molar-refractivity contribution in [2.75, 3.05) is 14.2 Å². The number of esters is 2. The average Bonchev–Trinajstić information content (AvgIpc) is 2.38. The van der Waals surface area contributed by atoms with Crippen LogP contribution in [0.2, 0.25) is 0 Å². The molecule has 17 heavy (non-hydrogen) atoms. The van der Waals surface area contributed by atoms with Gasteiger partial charge in [0.25, 0.3) is 0 Å². The molecule has 0 saturated heterocycles. The fourth-order valence-electron chi connectivity index (χ4n) is 1.09. The number of aryl methyl sites for hydroxylation is 1. The standard InChI is InChI=1S/C10H11NO4.C2H6/c1-6-4-7(9(12)14-2)11-8(5-6)10(13)15-3;1-2/h4-5H,1-3H3;1-2H3. The number of ether oxygens (including phenoxy) is 2. The largest absolute Gasteiger partial charge is 0.464 e. The van der Waals surface area contributed by atoms with Crippen molar-refractivity contribution in [2.24, 2.45) is 0 Å². The maximum absolute atomic E-state index is 11.2. The monoisotopic (exact) mass is 239 g/mol. The van der Waals surface area contributed by atoms with Gasteiger partial charge in [-0.05, 0) is 24.6 Å². The van der Waals surface area contributed by atoms with Crippen LogP contribution in [0.1, 0.15) is 40.4 Å². The molecular weight excluding hydrogens is 222 g/mol. The molecule has 0 bridgehead atoms. The van der Waals surface area contributed by atoms with Gasteiger partial charge in [0.15, 0.2) is 0 Å². The molecule has 1 rings (SSSR count). The highest BCUT2D eigenvalue weighted by Gasteiger charge is 2.13. The first-order valence-corrected chi connectivity index (χ1v) is 5.23. The first kappa shape index (κ1) is 15.1. The van der Waals surface area contributed by atoms with Crippen LogP contribution < -0.4 is 0 Å². The Kier molecular flexibility index (Phi) is 6.55. The molecule has 1 aromatic heterocycles. The lowest BCUT2D eigenvalue weighted by Crippen LogP contribution is -2.11. The first-order valence-electron chi connectivity index (χ1n) is 5.23. The van der Waals surface area contributed by atoms with Crippen molar-refractivity contribution in [1.29, 1.82) is 0 Å². The van der Waals surface area contributed by atoms with Gasteiger partial charge in [-0.15, -0.1) is 0 Å². The Morgan fingerprint density at radius 1 is 1.00 bits per heavy atom. The Bertz CT molecular complexity index is 367. The van der Waals surface area contributed by atoms with Crippen LogP contribution in [-0.2, 0) is 9.47 Å². The summed E-state index contributed by atoms with van der Waals surface area (Å²) in [5, 5.41) is 0. The zero-order valence-electron chi connectivity index (χ0n) is 10.7. The summed E-state index contributed by atoms with van der Waals surface area (Å²) in [6.07, 6.45) is 0. The third-order valence-electron chi connectivity index (χ3n) is 1.76. The third kappa shape index (κ3) is 4.22. The van der Waals surface area contributed by atoms with Crippen molar-refractivity contribution in [3.63, 3.8) is 0 Å². The number of carbonyl (C=O) groups excluding carboxylic acids is 2. The smallest absolute Gasteiger partial charge is 0.356 e. The quantitative estimate of drug-likeness (QED) is 0.738. The van der Waals surface area contributed by atoms with Crippen molar-refractivity contribution in [1.82, 2.24) is 4.98 Å². The molecule has 0 aromatic carbocycles. The lowest BCUT2D eigenvalue weighted by molar-refractivity contribution is 0.0585. The minimum Gasteiger partial charge on any atom is -0.464 e. The number of pyridine rings is 1. The second-order valence-electron chi connectivity index (χ2n) is 2.90. The van der Waals surface area contributed by atoms with Crippen LogP contribution in [0.25, 0.3) is 0 Å². The Hall–Kier alpha value is -1.91. The van der Waals surface area contributed by atoms with E-state index in [2.05, 4.69) is 14.5 Å². The van der Waals surface area contributed by atoms with E-state index in [1.165, 1.54) is 26.4 Å². The summed E-state index contributed by atoms with van der Waals surface area (Å²) in [6.45, 7) is 5.75. The van der Waals surface area contributed by atoms with Gasteiger partial charge in [-0.25, -0.2) is 14.6 Å². The van der Waals surface area contributed by atoms with E-state index < -0.39 is 11.9 Å². The Morgan fingerprint density at radius 3 is 1.65 bits per heavy atom. The molecule has 0 fully saturated rings. The lowest BCUT2D eigenvalue weighted by atomic mass is 10.2. The maximum Gasteiger partial charge on any atom is 0.356 e. The van der Waals surface area contributed by atoms with Gasteiger partial charge in [0.2, 0.25) is 0 Å². The topological polar surface area (TPSA) is 65.5 Å². The van der Waals surface area contributed by atoms with Gasteiger partial charge >= 0.3 is 11.9 Å². The van der Waals surface area contributed by atoms with Gasteiger partial charge in [-0.1, -0.05) is 13.8 Å². The predicted molar refractivity (Wildman–Crippen MR) is 63.0 cm³/mol. The molecule has 0 saturated carbocycles. The molecule has 0 N–H and O–H groups in total. The summed E-state index contributed by atoms with van der Waals surface area (Å²) in [4.78, 5) is 26.2. The molecule has 5 nitrogen and oxygen atoms in total. The molecule has 0 radical (unpaired) electrons. The van der Waals surface area contributed by atoms with E-state index in [0.717, 1.165) is 5.56 Å². The second kappa shape index (κ2) is 7.38. The minimum atomic E-state index is -0.580. The molecular formula is C12H17NO4. The van der Waals surface area contributed by atoms with Gasteiger partial charge in [0, 0.05) is 0 Å². The van der Waals surface area contributed by atoms with E-state index >= 15 is 0 Å². The summed E-state index contributed by atoms with van der Waals surface area (Å²) in [6, 6.07) is 3.08. The molecule has 0 atom stereocenters. The number of rotatable bonds is 2. The van der Waals surface area contributed by atoms with Crippen LogP contribution in [0.15, 0.2) is 12.1 Å². The van der Waals surface area contributed by atoms with Gasteiger partial charge in [-0.3, -0.25) is 0 Å². The number of methoxy groups -OCH3 is 2. The number of hydrogen-bond donors (Lipinski definition) is 0. The first-order chi connectivity index (χ1) is 8.08. The molecule has 0 unspecified atom stereocenters. The number of hydrogen-bond acceptors (Lipinski definition) is 5. The summed E-state index contributed by atoms with van der Waals surface area (Å²) in [5.74, 6) is -1.16. The second-order valence-corrected chi connectivity index (χ2v) is 2.90. The van der Waals surface area contributed by atoms with E-state index in [-0.39, 0.29) is 11.4 Å². The highest BCUT2D eigenvalue weighted by molar-refractivity contribution is 5.91. The molecule has 0 spiro atoms. The van der Waals surface area contributed by atoms with Crippen LogP contribution in [-0.4, -0.2) is 31.1 Å². The summed E-state index contributed by atoms with van der Waals surface area (Å²) in [7, 11) is 2.51. The number of aromatic nitrogens is 1. The van der Waals surface area contributed by atoms with Crippen LogP contribution in [0, 0.1) is 6.92 Å². The van der Waals surface area contributed by atoms with Crippen LogP contribution in [0.4, 0.5) is 0 Å². The third-order valence-corrected chi connectivity index (χ3v) is 1.76. The van der Waals surface area contributed by atoms with E-state index in [1.807, 2.05) is 13.8 Å². The van der Waals surface area contributed by atoms with Gasteiger partial charge in [0.1, 0.15) is 11.4 Å². The molecule has 0 aliphatic rings. The molecule has 1 aromatic rings. The minimum absolute atomic E-state index is 0.0953. The van der Waals surface area contributed by atoms with Crippen LogP contribution >= 0.6 is 0 Å². The summed E-state index contributed by atoms with van der Waals surface area (Å²) >= 11 is 0. The number of carbonyl (C=O) groups is 2. The van der Waals surface area contributed by atoms with Crippen molar-refractivity contribution in [2.45, 2.75) is 20.8 Å². The van der Waals surface area contributed by atoms with Crippen LogP contribution in [0.3, 0.4) is 0 Å². The Morgan fingerprint density at radius 2 is 1.35 bits per heavy atom. The molecule has 0 aliphatic heterocycles. The normalized spacial score (nSPS) is 8.76. The van der Waals surface area contributed by atoms with Gasteiger partial charge in [-0.2, -0.15) is 0 Å². The van der Waals surface area contributed by atoms with E-state index in [1.54, 1.807) is 6.92 Å². The summed E-state index contributed by atoms with van der Waals surface area (Å²) in [5.41, 5.74) is 0.932. The lowest BCUT2D eigenvalue weighted by Gasteiger charge is -2.03. The molecule has 0 aliphatic carbocycles. The Balaban J connectivity index is 0.00000121. The molecule has 1 heterocycles. The zero-order chi connectivity index (χ0) is 13.4. The van der Waals surface area contributed by atoms with Crippen molar-refractivity contribution < 1.29 is 19.1 Å². The number of nitrogens with zero attached hydrogens (tertiary/aromatic N) is 1. The van der Waals surface area contributed by atoms with Crippen LogP contribution in [0.5, 0.6) is 0 Å². The summed E-state index contributed by atoms with van der Waals surface area (Å²) < 4.78 is 9.01. The van der Waals surface area contributed by atoms with E-state index in [4.69, 9.17) is 0 Å². The molecule has 0 amide bonds. The fraction of sp³-hybridized carbons (Fsp3) is 0.417. The van der Waals surface area contributed by atoms with Crippen molar-refractivity contribution >= 4 is 11.9 Å². The van der Waals surface area contributed by atoms with Gasteiger partial charge in [0.05, 0.1) is 14.2 Å². The highest BCUT2D eigenvalue weighted by Crippen LogP contribution is 2.07. The van der Waals surface area contributed by atoms with Crippen molar-refractivity contribution in [3.05, 3.63) is 29.1 Å². The van der Waals surface area contributed by atoms with E-state index in [0.29, 0.717) is 0 Å². The average molecular weight is 239 g/mol. The fourth-order valence-corrected chi connectivity index (χ4v) is 1.09. The van der Waals surface area contributed by atoms with Crippen molar-refractivity contribution in [3.8, 4) is 0 Å². The zero-order valence-corrected chi connectivity index (χ0v) is 10.7. The molecule has 94 valence electrons. The highest BCUT2D eigenvalue weighted by atomic mass is 16.5.